The minimum Gasteiger partial charge on any atom is -0.315 e. The Balaban J connectivity index is 1.46. The maximum absolute atomic E-state index is 12.1. The first-order chi connectivity index (χ1) is 13.0. The van der Waals surface area contributed by atoms with Crippen LogP contribution in [0.15, 0.2) is 64.1 Å². The number of amidine groups is 1. The normalized spacial score (nSPS) is 23.3. The van der Waals surface area contributed by atoms with Crippen molar-refractivity contribution in [2.45, 2.75) is 24.9 Å². The van der Waals surface area contributed by atoms with Crippen LogP contribution in [0.1, 0.15) is 12.0 Å². The van der Waals surface area contributed by atoms with Crippen LogP contribution in [0.3, 0.4) is 0 Å². The number of thioether (sulfide) groups is 1. The molecule has 142 valence electrons. The third kappa shape index (κ3) is 4.41. The van der Waals surface area contributed by atoms with Crippen LogP contribution in [0.2, 0.25) is 0 Å². The molecule has 2 atom stereocenters. The minimum atomic E-state index is -3.01. The van der Waals surface area contributed by atoms with Gasteiger partial charge >= 0.3 is 0 Å². The maximum atomic E-state index is 12.1. The number of hydrogen-bond donors (Lipinski definition) is 0. The van der Waals surface area contributed by atoms with Crippen LogP contribution in [0, 0.1) is 0 Å². The van der Waals surface area contributed by atoms with Crippen molar-refractivity contribution in [1.82, 2.24) is 0 Å². The van der Waals surface area contributed by atoms with Gasteiger partial charge in [0.05, 0.1) is 23.6 Å². The fourth-order valence-electron chi connectivity index (χ4n) is 3.62. The highest BCUT2D eigenvalue weighted by Crippen LogP contribution is 2.35. The van der Waals surface area contributed by atoms with Crippen molar-refractivity contribution in [3.63, 3.8) is 0 Å². The first-order valence-corrected chi connectivity index (χ1v) is 12.6. The summed E-state index contributed by atoms with van der Waals surface area (Å²) in [6.07, 6.45) is 2.11. The van der Waals surface area contributed by atoms with Crippen LogP contribution in [0.5, 0.6) is 0 Å². The summed E-state index contributed by atoms with van der Waals surface area (Å²) in [5.41, 5.74) is 2.36. The third-order valence-corrected chi connectivity index (χ3v) is 8.18. The lowest BCUT2D eigenvalue weighted by atomic mass is 10.1. The predicted molar refractivity (Wildman–Crippen MR) is 118 cm³/mol. The SMILES string of the molecule is O=S1(=O)C[C@H]2N=C(SCCCc3ccccc3)N(c3ccc(Br)cc3)[C@H]2C1. The second kappa shape index (κ2) is 7.97. The van der Waals surface area contributed by atoms with Gasteiger partial charge in [-0.2, -0.15) is 0 Å². The van der Waals surface area contributed by atoms with Gasteiger partial charge in [0.2, 0.25) is 0 Å². The van der Waals surface area contributed by atoms with Gasteiger partial charge in [-0.3, -0.25) is 4.99 Å². The molecule has 1 saturated heterocycles. The Morgan fingerprint density at radius 1 is 1.07 bits per heavy atom. The zero-order chi connectivity index (χ0) is 18.9. The quantitative estimate of drug-likeness (QED) is 0.623. The fraction of sp³-hybridized carbons (Fsp3) is 0.350. The molecule has 1 fully saturated rings. The van der Waals surface area contributed by atoms with E-state index in [1.54, 1.807) is 11.8 Å². The second-order valence-corrected chi connectivity index (χ2v) is 11.0. The molecular formula is C20H21BrN2O2S2. The summed E-state index contributed by atoms with van der Waals surface area (Å²) in [5, 5.41) is 0.954. The molecule has 4 rings (SSSR count). The minimum absolute atomic E-state index is 0.0761. The number of benzene rings is 2. The van der Waals surface area contributed by atoms with E-state index in [0.29, 0.717) is 0 Å². The largest absolute Gasteiger partial charge is 0.315 e. The van der Waals surface area contributed by atoms with E-state index in [1.807, 2.05) is 30.3 Å². The lowest BCUT2D eigenvalue weighted by Crippen LogP contribution is -2.39. The van der Waals surface area contributed by atoms with Crippen LogP contribution in [-0.2, 0) is 16.3 Å². The van der Waals surface area contributed by atoms with Crippen molar-refractivity contribution in [2.24, 2.45) is 4.99 Å². The maximum Gasteiger partial charge on any atom is 0.164 e. The van der Waals surface area contributed by atoms with E-state index < -0.39 is 9.84 Å². The van der Waals surface area contributed by atoms with E-state index in [-0.39, 0.29) is 23.6 Å². The lowest BCUT2D eigenvalue weighted by molar-refractivity contribution is 0.601. The van der Waals surface area contributed by atoms with Gasteiger partial charge in [-0.05, 0) is 42.7 Å². The molecule has 2 aliphatic heterocycles. The highest BCUT2D eigenvalue weighted by Gasteiger charge is 2.47. The van der Waals surface area contributed by atoms with Gasteiger partial charge in [-0.25, -0.2) is 8.42 Å². The first-order valence-electron chi connectivity index (χ1n) is 9.02. The summed E-state index contributed by atoms with van der Waals surface area (Å²) in [4.78, 5) is 6.92. The molecule has 0 aromatic heterocycles. The van der Waals surface area contributed by atoms with Gasteiger partial charge in [0.1, 0.15) is 0 Å². The fourth-order valence-corrected chi connectivity index (χ4v) is 6.79. The highest BCUT2D eigenvalue weighted by atomic mass is 79.9. The molecule has 2 aliphatic rings. The summed E-state index contributed by atoms with van der Waals surface area (Å²) in [6.45, 7) is 0. The van der Waals surface area contributed by atoms with E-state index in [2.05, 4.69) is 45.1 Å². The number of sulfone groups is 1. The third-order valence-electron chi connectivity index (χ3n) is 4.90. The zero-order valence-electron chi connectivity index (χ0n) is 14.8. The van der Waals surface area contributed by atoms with Crippen molar-refractivity contribution >= 4 is 48.4 Å². The Kier molecular flexibility index (Phi) is 5.62. The van der Waals surface area contributed by atoms with Gasteiger partial charge in [-0.15, -0.1) is 0 Å². The Hall–Kier alpha value is -1.31. The Morgan fingerprint density at radius 2 is 1.81 bits per heavy atom. The molecule has 0 amide bonds. The lowest BCUT2D eigenvalue weighted by Gasteiger charge is -2.26. The molecule has 0 N–H and O–H groups in total. The number of anilines is 1. The number of aliphatic imine (C=N–C) groups is 1. The van der Waals surface area contributed by atoms with E-state index in [4.69, 9.17) is 4.99 Å². The Bertz CT molecular complexity index is 930. The molecule has 2 aromatic rings. The topological polar surface area (TPSA) is 49.7 Å². The number of aryl methyl sites for hydroxylation is 1. The molecular weight excluding hydrogens is 444 g/mol. The number of fused-ring (bicyclic) bond motifs is 1. The molecule has 2 aromatic carbocycles. The van der Waals surface area contributed by atoms with E-state index in [1.165, 1.54) is 5.56 Å². The zero-order valence-corrected chi connectivity index (χ0v) is 18.0. The van der Waals surface area contributed by atoms with E-state index in [9.17, 15) is 8.42 Å². The van der Waals surface area contributed by atoms with Crippen LogP contribution >= 0.6 is 27.7 Å². The number of halogens is 1. The molecule has 0 radical (unpaired) electrons. The Labute approximate surface area is 173 Å². The molecule has 2 heterocycles. The average molecular weight is 465 g/mol. The summed E-state index contributed by atoms with van der Waals surface area (Å²) in [7, 11) is -3.01. The number of nitrogens with zero attached hydrogens (tertiary/aromatic N) is 2. The van der Waals surface area contributed by atoms with Gasteiger partial charge in [0, 0.05) is 15.9 Å². The second-order valence-electron chi connectivity index (χ2n) is 6.91. The Morgan fingerprint density at radius 3 is 2.56 bits per heavy atom. The number of hydrogen-bond acceptors (Lipinski definition) is 5. The van der Waals surface area contributed by atoms with Crippen LogP contribution < -0.4 is 4.90 Å². The molecule has 7 heteroatoms. The molecule has 0 spiro atoms. The molecule has 0 aliphatic carbocycles. The van der Waals surface area contributed by atoms with Crippen molar-refractivity contribution in [3.05, 3.63) is 64.6 Å². The molecule has 0 bridgehead atoms. The first kappa shape index (κ1) is 19.0. The summed E-state index contributed by atoms with van der Waals surface area (Å²) < 4.78 is 25.2. The monoisotopic (exact) mass is 464 g/mol. The van der Waals surface area contributed by atoms with Crippen molar-refractivity contribution in [1.29, 1.82) is 0 Å². The predicted octanol–water partition coefficient (Wildman–Crippen LogP) is 4.16. The van der Waals surface area contributed by atoms with Crippen LogP contribution in [-0.4, -0.2) is 42.9 Å². The van der Waals surface area contributed by atoms with Crippen LogP contribution in [0.4, 0.5) is 5.69 Å². The smallest absolute Gasteiger partial charge is 0.164 e. The summed E-state index contributed by atoms with van der Waals surface area (Å²) in [5.74, 6) is 1.32. The standard InChI is InChI=1S/C20H21BrN2O2S2/c21-16-8-10-17(11-9-16)23-19-14-27(24,25)13-18(19)22-20(23)26-12-4-7-15-5-2-1-3-6-15/h1-3,5-6,8-11,18-19H,4,7,12-14H2/t18-,19+/m1/s1. The average Bonchev–Trinajstić information content (AvgIpc) is 3.11. The van der Waals surface area contributed by atoms with Crippen LogP contribution in [0.25, 0.3) is 0 Å². The van der Waals surface area contributed by atoms with E-state index >= 15 is 0 Å². The van der Waals surface area contributed by atoms with Crippen molar-refractivity contribution in [3.8, 4) is 0 Å². The van der Waals surface area contributed by atoms with Gasteiger partial charge in [0.25, 0.3) is 0 Å². The number of rotatable bonds is 5. The van der Waals surface area contributed by atoms with Crippen molar-refractivity contribution in [2.75, 3.05) is 22.2 Å². The van der Waals surface area contributed by atoms with Crippen molar-refractivity contribution < 1.29 is 8.42 Å². The van der Waals surface area contributed by atoms with Gasteiger partial charge in [0.15, 0.2) is 15.0 Å². The summed E-state index contributed by atoms with van der Waals surface area (Å²) >= 11 is 5.20. The van der Waals surface area contributed by atoms with Gasteiger partial charge < -0.3 is 4.90 Å². The highest BCUT2D eigenvalue weighted by molar-refractivity contribution is 9.10. The van der Waals surface area contributed by atoms with Gasteiger partial charge in [-0.1, -0.05) is 58.0 Å². The molecule has 0 saturated carbocycles. The molecule has 0 unspecified atom stereocenters. The molecule has 4 nitrogen and oxygen atoms in total. The molecule has 27 heavy (non-hydrogen) atoms. The van der Waals surface area contributed by atoms with E-state index in [0.717, 1.165) is 33.9 Å². The summed E-state index contributed by atoms with van der Waals surface area (Å²) in [6, 6.07) is 18.3.